The van der Waals surface area contributed by atoms with Gasteiger partial charge >= 0.3 is 0 Å². The molecule has 30 heavy (non-hydrogen) atoms. The van der Waals surface area contributed by atoms with Gasteiger partial charge in [0.2, 0.25) is 5.91 Å². The van der Waals surface area contributed by atoms with E-state index < -0.39 is 12.6 Å². The number of pyridine rings is 2. The van der Waals surface area contributed by atoms with Gasteiger partial charge in [-0.15, -0.1) is 0 Å². The third kappa shape index (κ3) is 3.58. The van der Waals surface area contributed by atoms with Gasteiger partial charge in [0.25, 0.3) is 0 Å². The minimum absolute atomic E-state index is 0.339. The van der Waals surface area contributed by atoms with Gasteiger partial charge in [0.05, 0.1) is 16.7 Å². The fourth-order valence-electron chi connectivity index (χ4n) is 3.49. The number of carbonyl (C=O) groups excluding carboxylic acids is 1. The van der Waals surface area contributed by atoms with E-state index >= 15 is 0 Å². The molecule has 3 aromatic rings. The smallest absolute Gasteiger partial charge is 0.229 e. The van der Waals surface area contributed by atoms with Gasteiger partial charge < -0.3 is 15.6 Å². The Labute approximate surface area is 175 Å². The minimum Gasteiger partial charge on any atom is -0.373 e. The van der Waals surface area contributed by atoms with Crippen LogP contribution in [-0.4, -0.2) is 36.3 Å². The van der Waals surface area contributed by atoms with Crippen LogP contribution < -0.4 is 16.4 Å². The molecule has 0 bridgehead atoms. The van der Waals surface area contributed by atoms with Crippen molar-refractivity contribution in [3.63, 3.8) is 0 Å². The molecular formula is C23H23N4O2P. The average molecular weight is 418 g/mol. The summed E-state index contributed by atoms with van der Waals surface area (Å²) >= 11 is 0. The molecule has 1 saturated carbocycles. The van der Waals surface area contributed by atoms with Crippen LogP contribution in [0.25, 0.3) is 10.8 Å². The molecule has 6 nitrogen and oxygen atoms in total. The van der Waals surface area contributed by atoms with Gasteiger partial charge in [-0.2, -0.15) is 0 Å². The van der Waals surface area contributed by atoms with E-state index in [0.29, 0.717) is 11.5 Å². The number of nitrogens with two attached hydrogens (primary N) is 1. The lowest BCUT2D eigenvalue weighted by molar-refractivity contribution is -0.120. The Kier molecular flexibility index (Phi) is 4.88. The molecule has 152 valence electrons. The number of fused-ring (bicyclic) bond motifs is 1. The lowest BCUT2D eigenvalue weighted by Gasteiger charge is -2.13. The maximum Gasteiger partial charge on any atom is 0.229 e. The normalized spacial score (nSPS) is 14.6. The van der Waals surface area contributed by atoms with Gasteiger partial charge in [-0.3, -0.25) is 9.78 Å². The van der Waals surface area contributed by atoms with E-state index in [0.717, 1.165) is 40.0 Å². The van der Waals surface area contributed by atoms with Gasteiger partial charge in [0.15, 0.2) is 0 Å². The number of anilines is 1. The summed E-state index contributed by atoms with van der Waals surface area (Å²) in [5.74, 6) is 6.70. The second-order valence-corrected chi connectivity index (χ2v) is 11.2. The van der Waals surface area contributed by atoms with Crippen molar-refractivity contribution in [3.05, 3.63) is 59.5 Å². The lowest BCUT2D eigenvalue weighted by atomic mass is 9.98. The van der Waals surface area contributed by atoms with Crippen molar-refractivity contribution in [1.29, 1.82) is 0 Å². The van der Waals surface area contributed by atoms with Crippen LogP contribution in [0.1, 0.15) is 29.7 Å². The summed E-state index contributed by atoms with van der Waals surface area (Å²) in [4.78, 5) is 20.9. The molecule has 0 atom stereocenters. The third-order valence-electron chi connectivity index (χ3n) is 5.55. The minimum atomic E-state index is -2.29. The van der Waals surface area contributed by atoms with Crippen molar-refractivity contribution in [2.45, 2.75) is 18.3 Å². The molecule has 0 saturated heterocycles. The summed E-state index contributed by atoms with van der Waals surface area (Å²) < 4.78 is 12.2. The molecule has 0 radical (unpaired) electrons. The Hall–Kier alpha value is -3.16. The van der Waals surface area contributed by atoms with E-state index in [1.807, 2.05) is 30.3 Å². The van der Waals surface area contributed by atoms with Crippen molar-refractivity contribution in [1.82, 2.24) is 9.97 Å². The van der Waals surface area contributed by atoms with Crippen LogP contribution >= 0.6 is 7.14 Å². The predicted molar refractivity (Wildman–Crippen MR) is 121 cm³/mol. The highest BCUT2D eigenvalue weighted by Gasteiger charge is 2.51. The Bertz CT molecular complexity index is 1260. The molecule has 1 aliphatic carbocycles. The zero-order chi connectivity index (χ0) is 21.5. The molecule has 4 rings (SSSR count). The van der Waals surface area contributed by atoms with E-state index in [2.05, 4.69) is 27.1 Å². The highest BCUT2D eigenvalue weighted by atomic mass is 31.2. The number of nitrogens with zero attached hydrogens (tertiary/aromatic N) is 2. The summed E-state index contributed by atoms with van der Waals surface area (Å²) in [6.45, 7) is 3.50. The number of benzene rings is 1. The molecule has 2 heterocycles. The number of rotatable bonds is 4. The van der Waals surface area contributed by atoms with Crippen LogP contribution in [0.2, 0.25) is 0 Å². The number of primary amides is 1. The summed E-state index contributed by atoms with van der Waals surface area (Å²) in [7, 11) is -0.490. The summed E-state index contributed by atoms with van der Waals surface area (Å²) in [5, 5.41) is 5.61. The van der Waals surface area contributed by atoms with Crippen LogP contribution in [0, 0.1) is 11.8 Å². The topological polar surface area (TPSA) is 98.0 Å². The van der Waals surface area contributed by atoms with Crippen molar-refractivity contribution < 1.29 is 9.36 Å². The second-order valence-electron chi connectivity index (χ2n) is 7.98. The van der Waals surface area contributed by atoms with Crippen LogP contribution in [0.15, 0.2) is 42.7 Å². The van der Waals surface area contributed by atoms with Gasteiger partial charge in [-0.1, -0.05) is 24.0 Å². The molecule has 1 fully saturated rings. The van der Waals surface area contributed by atoms with E-state index in [-0.39, 0.29) is 5.91 Å². The maximum atomic E-state index is 12.2. The first-order valence-electron chi connectivity index (χ1n) is 9.69. The Morgan fingerprint density at radius 2 is 1.80 bits per heavy atom. The average Bonchev–Trinajstić information content (AvgIpc) is 3.53. The molecule has 3 N–H and O–H groups in total. The van der Waals surface area contributed by atoms with Crippen molar-refractivity contribution >= 4 is 34.9 Å². The number of amides is 1. The molecule has 1 aliphatic rings. The fraction of sp³-hybridized carbons (Fsp3) is 0.261. The van der Waals surface area contributed by atoms with Crippen molar-refractivity contribution in [2.75, 3.05) is 25.7 Å². The van der Waals surface area contributed by atoms with Crippen LogP contribution in [0.3, 0.4) is 0 Å². The first kappa shape index (κ1) is 20.1. The number of hydrogen-bond acceptors (Lipinski definition) is 5. The van der Waals surface area contributed by atoms with Gasteiger partial charge in [0.1, 0.15) is 13.0 Å². The zero-order valence-electron chi connectivity index (χ0n) is 17.2. The van der Waals surface area contributed by atoms with Gasteiger partial charge in [0, 0.05) is 41.1 Å². The van der Waals surface area contributed by atoms with Crippen LogP contribution in [0.5, 0.6) is 0 Å². The second kappa shape index (κ2) is 7.27. The SMILES string of the molecule is CNc1ncc(C#Cc2ccc(P(C)(C)=O)cc2)c2cc(C3(C(N)=O)CC3)ncc12. The highest BCUT2D eigenvalue weighted by Crippen LogP contribution is 2.47. The number of carbonyl (C=O) groups is 1. The predicted octanol–water partition coefficient (Wildman–Crippen LogP) is 2.84. The van der Waals surface area contributed by atoms with Crippen molar-refractivity contribution in [3.8, 4) is 11.8 Å². The largest absolute Gasteiger partial charge is 0.373 e. The first-order valence-corrected chi connectivity index (χ1v) is 12.3. The Morgan fingerprint density at radius 1 is 1.10 bits per heavy atom. The Balaban J connectivity index is 1.79. The lowest BCUT2D eigenvalue weighted by Crippen LogP contribution is -2.29. The molecule has 1 amide bonds. The Morgan fingerprint density at radius 3 is 2.37 bits per heavy atom. The monoisotopic (exact) mass is 418 g/mol. The molecule has 7 heteroatoms. The standard InChI is InChI=1S/C23H23N4O2P/c1-25-21-19-14-26-20(23(10-11-23)22(24)28)12-18(19)16(13-27-21)7-4-15-5-8-17(9-6-15)30(2,3)29/h5-6,8-9,12-14H,10-11H2,1-3H3,(H2,24,28)(H,25,27). The van der Waals surface area contributed by atoms with Gasteiger partial charge in [-0.25, -0.2) is 4.98 Å². The first-order chi connectivity index (χ1) is 14.2. The number of hydrogen-bond donors (Lipinski definition) is 2. The maximum absolute atomic E-state index is 12.2. The number of aromatic nitrogens is 2. The fourth-order valence-corrected chi connectivity index (χ4v) is 4.36. The summed E-state index contributed by atoms with van der Waals surface area (Å²) in [6.07, 6.45) is 4.88. The van der Waals surface area contributed by atoms with Gasteiger partial charge in [-0.05, 0) is 44.4 Å². The molecule has 0 spiro atoms. The third-order valence-corrected chi connectivity index (χ3v) is 7.09. The van der Waals surface area contributed by atoms with E-state index in [1.54, 1.807) is 32.8 Å². The quantitative estimate of drug-likeness (QED) is 0.502. The summed E-state index contributed by atoms with van der Waals surface area (Å²) in [6, 6.07) is 9.37. The highest BCUT2D eigenvalue weighted by molar-refractivity contribution is 7.70. The zero-order valence-corrected chi connectivity index (χ0v) is 18.1. The van der Waals surface area contributed by atoms with E-state index in [1.165, 1.54) is 0 Å². The molecule has 0 unspecified atom stereocenters. The van der Waals surface area contributed by atoms with Crippen LogP contribution in [-0.2, 0) is 14.8 Å². The molecule has 0 aliphatic heterocycles. The molecular weight excluding hydrogens is 395 g/mol. The number of nitrogens with one attached hydrogen (secondary N) is 1. The summed E-state index contributed by atoms with van der Waals surface area (Å²) in [5.41, 5.74) is 7.22. The van der Waals surface area contributed by atoms with Crippen molar-refractivity contribution in [2.24, 2.45) is 5.73 Å². The van der Waals surface area contributed by atoms with E-state index in [9.17, 15) is 9.36 Å². The van der Waals surface area contributed by atoms with E-state index in [4.69, 9.17) is 5.73 Å². The molecule has 1 aromatic carbocycles. The molecule has 2 aromatic heterocycles. The van der Waals surface area contributed by atoms with Crippen LogP contribution in [0.4, 0.5) is 5.82 Å².